The summed E-state index contributed by atoms with van der Waals surface area (Å²) in [5.41, 5.74) is 1.75. The zero-order chi connectivity index (χ0) is 14.0. The van der Waals surface area contributed by atoms with Gasteiger partial charge in [-0.1, -0.05) is 23.7 Å². The van der Waals surface area contributed by atoms with E-state index in [0.29, 0.717) is 16.1 Å². The summed E-state index contributed by atoms with van der Waals surface area (Å²) < 4.78 is 27.0. The Morgan fingerprint density at radius 3 is 2.53 bits per heavy atom. The average molecular weight is 301 g/mol. The molecule has 0 fully saturated rings. The Hall–Kier alpha value is -1.12. The van der Waals surface area contributed by atoms with Crippen LogP contribution in [0.25, 0.3) is 0 Å². The normalized spacial score (nSPS) is 12.5. The SMILES string of the molecule is Cc1cc(F)cc(C(Cl)Cc2c(F)cccc2Cl)c1. The monoisotopic (exact) mass is 300 g/mol. The third-order valence-corrected chi connectivity index (χ3v) is 3.63. The number of benzene rings is 2. The quantitative estimate of drug-likeness (QED) is 0.661. The molecule has 2 aromatic carbocycles. The van der Waals surface area contributed by atoms with Crippen molar-refractivity contribution in [3.63, 3.8) is 0 Å². The van der Waals surface area contributed by atoms with Gasteiger partial charge in [-0.2, -0.15) is 0 Å². The van der Waals surface area contributed by atoms with E-state index >= 15 is 0 Å². The highest BCUT2D eigenvalue weighted by Gasteiger charge is 2.15. The smallest absolute Gasteiger partial charge is 0.127 e. The van der Waals surface area contributed by atoms with Crippen molar-refractivity contribution in [3.8, 4) is 0 Å². The van der Waals surface area contributed by atoms with E-state index in [4.69, 9.17) is 23.2 Å². The van der Waals surface area contributed by atoms with Crippen LogP contribution in [0.4, 0.5) is 8.78 Å². The Morgan fingerprint density at radius 2 is 1.89 bits per heavy atom. The van der Waals surface area contributed by atoms with E-state index in [-0.39, 0.29) is 12.2 Å². The van der Waals surface area contributed by atoms with Crippen molar-refractivity contribution in [1.82, 2.24) is 0 Å². The van der Waals surface area contributed by atoms with Gasteiger partial charge in [0.25, 0.3) is 0 Å². The van der Waals surface area contributed by atoms with E-state index in [1.54, 1.807) is 19.1 Å². The summed E-state index contributed by atoms with van der Waals surface area (Å²) in [5.74, 6) is -0.744. The highest BCUT2D eigenvalue weighted by atomic mass is 35.5. The van der Waals surface area contributed by atoms with E-state index in [1.807, 2.05) is 0 Å². The Labute approximate surface area is 121 Å². The highest BCUT2D eigenvalue weighted by molar-refractivity contribution is 6.31. The minimum Gasteiger partial charge on any atom is -0.207 e. The molecule has 0 aliphatic heterocycles. The minimum absolute atomic E-state index is 0.218. The van der Waals surface area contributed by atoms with Crippen molar-refractivity contribution in [3.05, 3.63) is 69.7 Å². The van der Waals surface area contributed by atoms with Crippen molar-refractivity contribution < 1.29 is 8.78 Å². The van der Waals surface area contributed by atoms with Gasteiger partial charge in [-0.05, 0) is 48.7 Å². The third-order valence-electron chi connectivity index (χ3n) is 2.87. The standard InChI is InChI=1S/C15H12Cl2F2/c1-9-5-10(7-11(18)6-9)14(17)8-12-13(16)3-2-4-15(12)19/h2-7,14H,8H2,1H3. The summed E-state index contributed by atoms with van der Waals surface area (Å²) >= 11 is 12.2. The Kier molecular flexibility index (Phi) is 4.43. The molecule has 0 saturated heterocycles. The fourth-order valence-electron chi connectivity index (χ4n) is 1.97. The van der Waals surface area contributed by atoms with Crippen molar-refractivity contribution in [2.45, 2.75) is 18.7 Å². The first-order valence-corrected chi connectivity index (χ1v) is 6.63. The van der Waals surface area contributed by atoms with Crippen LogP contribution in [0.3, 0.4) is 0 Å². The summed E-state index contributed by atoms with van der Waals surface area (Å²) in [6.07, 6.45) is 0.218. The lowest BCUT2D eigenvalue weighted by molar-refractivity contribution is 0.605. The minimum atomic E-state index is -0.524. The lowest BCUT2D eigenvalue weighted by Crippen LogP contribution is -2.00. The molecule has 0 saturated carbocycles. The van der Waals surface area contributed by atoms with Crippen LogP contribution in [0.15, 0.2) is 36.4 Å². The van der Waals surface area contributed by atoms with E-state index < -0.39 is 11.2 Å². The number of aryl methyl sites for hydroxylation is 1. The Bertz CT molecular complexity index is 556. The number of halogens is 4. The van der Waals surface area contributed by atoms with E-state index in [2.05, 4.69) is 0 Å². The molecule has 0 nitrogen and oxygen atoms in total. The molecule has 0 N–H and O–H groups in total. The zero-order valence-electron chi connectivity index (χ0n) is 10.3. The molecule has 100 valence electrons. The molecule has 0 aliphatic rings. The van der Waals surface area contributed by atoms with Crippen LogP contribution in [0.1, 0.15) is 22.1 Å². The van der Waals surface area contributed by atoms with Crippen LogP contribution in [0.2, 0.25) is 5.02 Å². The van der Waals surface area contributed by atoms with Gasteiger partial charge in [-0.3, -0.25) is 0 Å². The second-order valence-corrected chi connectivity index (χ2v) is 5.37. The van der Waals surface area contributed by atoms with Crippen LogP contribution in [-0.2, 0) is 6.42 Å². The van der Waals surface area contributed by atoms with E-state index in [0.717, 1.165) is 5.56 Å². The first kappa shape index (κ1) is 14.3. The number of hydrogen-bond acceptors (Lipinski definition) is 0. The largest absolute Gasteiger partial charge is 0.207 e. The second kappa shape index (κ2) is 5.89. The van der Waals surface area contributed by atoms with Gasteiger partial charge in [0, 0.05) is 10.6 Å². The summed E-state index contributed by atoms with van der Waals surface area (Å²) in [5, 5.41) is -0.192. The molecule has 0 amide bonds. The van der Waals surface area contributed by atoms with Crippen LogP contribution in [0.5, 0.6) is 0 Å². The fourth-order valence-corrected chi connectivity index (χ4v) is 2.49. The van der Waals surface area contributed by atoms with Crippen LogP contribution in [0, 0.1) is 18.6 Å². The second-order valence-electron chi connectivity index (χ2n) is 4.43. The Balaban J connectivity index is 2.28. The highest BCUT2D eigenvalue weighted by Crippen LogP contribution is 2.30. The molecular formula is C15H12Cl2F2. The molecular weight excluding hydrogens is 289 g/mol. The van der Waals surface area contributed by atoms with Gasteiger partial charge in [0.15, 0.2) is 0 Å². The maximum Gasteiger partial charge on any atom is 0.127 e. The van der Waals surface area contributed by atoms with Gasteiger partial charge in [-0.15, -0.1) is 11.6 Å². The fraction of sp³-hybridized carbons (Fsp3) is 0.200. The molecule has 0 spiro atoms. The van der Waals surface area contributed by atoms with Crippen molar-refractivity contribution in [1.29, 1.82) is 0 Å². The maximum atomic E-state index is 13.7. The molecule has 1 unspecified atom stereocenters. The lowest BCUT2D eigenvalue weighted by atomic mass is 10.0. The molecule has 1 atom stereocenters. The Morgan fingerprint density at radius 1 is 1.16 bits per heavy atom. The van der Waals surface area contributed by atoms with Crippen molar-refractivity contribution >= 4 is 23.2 Å². The molecule has 0 heterocycles. The maximum absolute atomic E-state index is 13.7. The summed E-state index contributed by atoms with van der Waals surface area (Å²) in [7, 11) is 0. The summed E-state index contributed by atoms with van der Waals surface area (Å²) in [4.78, 5) is 0. The number of alkyl halides is 1. The van der Waals surface area contributed by atoms with Crippen LogP contribution < -0.4 is 0 Å². The van der Waals surface area contributed by atoms with E-state index in [1.165, 1.54) is 24.3 Å². The first-order chi connectivity index (χ1) is 8.97. The first-order valence-electron chi connectivity index (χ1n) is 5.81. The van der Waals surface area contributed by atoms with Crippen LogP contribution in [-0.4, -0.2) is 0 Å². The number of hydrogen-bond donors (Lipinski definition) is 0. The predicted octanol–water partition coefficient (Wildman–Crippen LogP) is 5.45. The van der Waals surface area contributed by atoms with Gasteiger partial charge in [0.1, 0.15) is 11.6 Å². The molecule has 2 aromatic rings. The van der Waals surface area contributed by atoms with E-state index in [9.17, 15) is 8.78 Å². The lowest BCUT2D eigenvalue weighted by Gasteiger charge is -2.13. The van der Waals surface area contributed by atoms with Gasteiger partial charge in [-0.25, -0.2) is 8.78 Å². The number of rotatable bonds is 3. The molecule has 2 rings (SSSR count). The van der Waals surface area contributed by atoms with Gasteiger partial charge < -0.3 is 0 Å². The van der Waals surface area contributed by atoms with Gasteiger partial charge in [0.2, 0.25) is 0 Å². The molecule has 0 aromatic heterocycles. The van der Waals surface area contributed by atoms with Crippen LogP contribution >= 0.6 is 23.2 Å². The molecule has 0 aliphatic carbocycles. The molecule has 19 heavy (non-hydrogen) atoms. The average Bonchev–Trinajstić information content (AvgIpc) is 2.32. The van der Waals surface area contributed by atoms with Gasteiger partial charge >= 0.3 is 0 Å². The molecule has 4 heteroatoms. The predicted molar refractivity (Wildman–Crippen MR) is 74.8 cm³/mol. The molecule has 0 radical (unpaired) electrons. The van der Waals surface area contributed by atoms with Gasteiger partial charge in [0.05, 0.1) is 5.38 Å². The summed E-state index contributed by atoms with van der Waals surface area (Å²) in [6, 6.07) is 9.05. The molecule has 0 bridgehead atoms. The van der Waals surface area contributed by atoms with Crippen molar-refractivity contribution in [2.24, 2.45) is 0 Å². The van der Waals surface area contributed by atoms with Crippen molar-refractivity contribution in [2.75, 3.05) is 0 Å². The topological polar surface area (TPSA) is 0 Å². The summed E-state index contributed by atoms with van der Waals surface area (Å²) in [6.45, 7) is 1.78. The zero-order valence-corrected chi connectivity index (χ0v) is 11.8. The third kappa shape index (κ3) is 3.46.